The molecule has 0 spiro atoms. The molecule has 0 aliphatic rings. The Hall–Kier alpha value is -2.66. The van der Waals surface area contributed by atoms with E-state index in [4.69, 9.17) is 6.42 Å². The Balaban J connectivity index is 2.92. The van der Waals surface area contributed by atoms with E-state index in [1.54, 1.807) is 18.2 Å². The van der Waals surface area contributed by atoms with E-state index in [-0.39, 0.29) is 0 Å². The lowest BCUT2D eigenvalue weighted by atomic mass is 10.1. The predicted octanol–water partition coefficient (Wildman–Crippen LogP) is 3.65. The van der Waals surface area contributed by atoms with Crippen molar-refractivity contribution in [2.24, 2.45) is 4.99 Å². The normalized spacial score (nSPS) is 12.2. The highest BCUT2D eigenvalue weighted by Crippen LogP contribution is 2.12. The SMILES string of the molecule is C#C/C(=C\C=C/C(=C)C=O)C(C)=Nc1ccccc1. The highest BCUT2D eigenvalue weighted by atomic mass is 16.1. The molecule has 0 radical (unpaired) electrons. The second-order valence-corrected chi connectivity index (χ2v) is 3.81. The number of carbonyl (C=O) groups excluding carboxylic acids is 1. The fourth-order valence-electron chi connectivity index (χ4n) is 1.34. The van der Waals surface area contributed by atoms with Crippen LogP contribution in [-0.2, 0) is 4.79 Å². The van der Waals surface area contributed by atoms with Gasteiger partial charge in [-0.2, -0.15) is 0 Å². The third-order valence-corrected chi connectivity index (χ3v) is 2.32. The van der Waals surface area contributed by atoms with Crippen molar-refractivity contribution >= 4 is 17.7 Å². The van der Waals surface area contributed by atoms with E-state index in [0.29, 0.717) is 17.4 Å². The van der Waals surface area contributed by atoms with E-state index in [1.807, 2.05) is 37.3 Å². The zero-order valence-corrected chi connectivity index (χ0v) is 10.8. The minimum atomic E-state index is 0.394. The number of hydrogen-bond donors (Lipinski definition) is 0. The van der Waals surface area contributed by atoms with E-state index in [1.165, 1.54) is 0 Å². The van der Waals surface area contributed by atoms with Crippen molar-refractivity contribution in [2.45, 2.75) is 6.92 Å². The number of para-hydroxylation sites is 1. The van der Waals surface area contributed by atoms with Gasteiger partial charge in [0.1, 0.15) is 6.29 Å². The summed E-state index contributed by atoms with van der Waals surface area (Å²) in [5, 5.41) is 0. The number of carbonyl (C=O) groups is 1. The monoisotopic (exact) mass is 249 g/mol. The lowest BCUT2D eigenvalue weighted by molar-refractivity contribution is -0.104. The van der Waals surface area contributed by atoms with Crippen LogP contribution in [-0.4, -0.2) is 12.0 Å². The molecule has 0 saturated carbocycles. The Bertz CT molecular complexity index is 583. The average Bonchev–Trinajstić information content (AvgIpc) is 2.44. The maximum Gasteiger partial charge on any atom is 0.149 e. The summed E-state index contributed by atoms with van der Waals surface area (Å²) in [6.07, 6.45) is 11.2. The Labute approximate surface area is 113 Å². The third-order valence-electron chi connectivity index (χ3n) is 2.32. The van der Waals surface area contributed by atoms with Crippen LogP contribution in [0.4, 0.5) is 5.69 Å². The van der Waals surface area contributed by atoms with E-state index in [0.717, 1.165) is 11.4 Å². The van der Waals surface area contributed by atoms with Crippen LogP contribution < -0.4 is 0 Å². The molecular weight excluding hydrogens is 234 g/mol. The van der Waals surface area contributed by atoms with Crippen LogP contribution in [0.15, 0.2) is 71.3 Å². The van der Waals surface area contributed by atoms with Gasteiger partial charge in [-0.1, -0.05) is 42.9 Å². The first-order chi connectivity index (χ1) is 9.17. The van der Waals surface area contributed by atoms with Crippen LogP contribution in [0.3, 0.4) is 0 Å². The summed E-state index contributed by atoms with van der Waals surface area (Å²) < 4.78 is 0. The molecule has 0 aliphatic heterocycles. The minimum Gasteiger partial charge on any atom is -0.298 e. The van der Waals surface area contributed by atoms with Gasteiger partial charge in [0, 0.05) is 11.1 Å². The van der Waals surface area contributed by atoms with Crippen molar-refractivity contribution in [3.63, 3.8) is 0 Å². The number of aldehydes is 1. The molecule has 0 aliphatic carbocycles. The second-order valence-electron chi connectivity index (χ2n) is 3.81. The van der Waals surface area contributed by atoms with Crippen molar-refractivity contribution < 1.29 is 4.79 Å². The molecular formula is C17H15NO. The van der Waals surface area contributed by atoms with Gasteiger partial charge in [-0.15, -0.1) is 6.42 Å². The first-order valence-electron chi connectivity index (χ1n) is 5.77. The smallest absolute Gasteiger partial charge is 0.149 e. The van der Waals surface area contributed by atoms with E-state index >= 15 is 0 Å². The van der Waals surface area contributed by atoms with Crippen LogP contribution in [0.1, 0.15) is 6.92 Å². The Morgan fingerprint density at radius 2 is 2.05 bits per heavy atom. The van der Waals surface area contributed by atoms with E-state index < -0.39 is 0 Å². The first-order valence-corrected chi connectivity index (χ1v) is 5.77. The molecule has 1 rings (SSSR count). The van der Waals surface area contributed by atoms with Crippen LogP contribution >= 0.6 is 0 Å². The molecule has 0 N–H and O–H groups in total. The van der Waals surface area contributed by atoms with Gasteiger partial charge < -0.3 is 0 Å². The largest absolute Gasteiger partial charge is 0.298 e. The number of rotatable bonds is 5. The molecule has 0 bridgehead atoms. The number of aliphatic imine (C=N–C) groups is 1. The highest BCUT2D eigenvalue weighted by molar-refractivity contribution is 6.03. The van der Waals surface area contributed by atoms with Gasteiger partial charge in [-0.3, -0.25) is 9.79 Å². The zero-order valence-electron chi connectivity index (χ0n) is 10.8. The summed E-state index contributed by atoms with van der Waals surface area (Å²) in [7, 11) is 0. The van der Waals surface area contributed by atoms with Gasteiger partial charge in [0.05, 0.1) is 11.4 Å². The summed E-state index contributed by atoms with van der Waals surface area (Å²) >= 11 is 0. The molecule has 0 amide bonds. The lowest BCUT2D eigenvalue weighted by Gasteiger charge is -1.99. The predicted molar refractivity (Wildman–Crippen MR) is 80.5 cm³/mol. The van der Waals surface area contributed by atoms with Gasteiger partial charge in [0.25, 0.3) is 0 Å². The van der Waals surface area contributed by atoms with Crippen LogP contribution in [0.2, 0.25) is 0 Å². The average molecular weight is 249 g/mol. The van der Waals surface area contributed by atoms with Gasteiger partial charge in [-0.05, 0) is 25.1 Å². The minimum absolute atomic E-state index is 0.394. The molecule has 0 fully saturated rings. The van der Waals surface area contributed by atoms with Gasteiger partial charge >= 0.3 is 0 Å². The molecule has 19 heavy (non-hydrogen) atoms. The van der Waals surface area contributed by atoms with Crippen molar-refractivity contribution in [2.75, 3.05) is 0 Å². The third kappa shape index (κ3) is 5.01. The molecule has 1 aromatic rings. The van der Waals surface area contributed by atoms with Gasteiger partial charge in [0.2, 0.25) is 0 Å². The molecule has 2 heteroatoms. The number of allylic oxidation sites excluding steroid dienone is 5. The lowest BCUT2D eigenvalue weighted by Crippen LogP contribution is -1.93. The zero-order chi connectivity index (χ0) is 14.1. The Morgan fingerprint density at radius 3 is 2.63 bits per heavy atom. The summed E-state index contributed by atoms with van der Waals surface area (Å²) in [4.78, 5) is 14.8. The van der Waals surface area contributed by atoms with E-state index in [9.17, 15) is 4.79 Å². The molecule has 0 aromatic heterocycles. The van der Waals surface area contributed by atoms with Crippen LogP contribution in [0.5, 0.6) is 0 Å². The number of nitrogens with zero attached hydrogens (tertiary/aromatic N) is 1. The topological polar surface area (TPSA) is 29.4 Å². The highest BCUT2D eigenvalue weighted by Gasteiger charge is 1.97. The molecule has 0 atom stereocenters. The standard InChI is InChI=1S/C17H15NO/c1-4-16(10-8-9-14(2)13-19)15(3)18-17-11-6-5-7-12-17/h1,5-13H,2H2,3H3/b9-8-,16-10+,18-15?. The number of hydrogen-bond acceptors (Lipinski definition) is 2. The van der Waals surface area contributed by atoms with Crippen molar-refractivity contribution in [1.29, 1.82) is 0 Å². The van der Waals surface area contributed by atoms with Crippen molar-refractivity contribution in [3.05, 3.63) is 66.3 Å². The summed E-state index contributed by atoms with van der Waals surface area (Å²) in [5.74, 6) is 2.57. The molecule has 0 heterocycles. The number of terminal acetylenes is 1. The van der Waals surface area contributed by atoms with Crippen molar-refractivity contribution in [1.82, 2.24) is 0 Å². The second kappa shape index (κ2) is 7.62. The first kappa shape index (κ1) is 14.4. The molecule has 0 saturated heterocycles. The maximum atomic E-state index is 10.4. The van der Waals surface area contributed by atoms with Crippen LogP contribution in [0, 0.1) is 12.3 Å². The van der Waals surface area contributed by atoms with Crippen molar-refractivity contribution in [3.8, 4) is 12.3 Å². The number of benzene rings is 1. The fraction of sp³-hybridized carbons (Fsp3) is 0.0588. The maximum absolute atomic E-state index is 10.4. The van der Waals surface area contributed by atoms with Gasteiger partial charge in [0.15, 0.2) is 0 Å². The fourth-order valence-corrected chi connectivity index (χ4v) is 1.34. The Morgan fingerprint density at radius 1 is 1.37 bits per heavy atom. The van der Waals surface area contributed by atoms with E-state index in [2.05, 4.69) is 17.5 Å². The van der Waals surface area contributed by atoms with Crippen LogP contribution in [0.25, 0.3) is 0 Å². The molecule has 94 valence electrons. The molecule has 0 unspecified atom stereocenters. The summed E-state index contributed by atoms with van der Waals surface area (Å²) in [5.41, 5.74) is 2.65. The quantitative estimate of drug-likeness (QED) is 0.257. The molecule has 2 nitrogen and oxygen atoms in total. The summed E-state index contributed by atoms with van der Waals surface area (Å²) in [6, 6.07) is 9.57. The summed E-state index contributed by atoms with van der Waals surface area (Å²) in [6.45, 7) is 5.39. The van der Waals surface area contributed by atoms with Gasteiger partial charge in [-0.25, -0.2) is 0 Å². The Kier molecular flexibility index (Phi) is 5.78. The molecule has 1 aromatic carbocycles.